The molecule has 6 aromatic carbocycles. The minimum atomic E-state index is -0.475. The second-order valence-corrected chi connectivity index (χ2v) is 12.2. The first-order valence-corrected chi connectivity index (χ1v) is 15.9. The molecule has 47 heavy (non-hydrogen) atoms. The second-order valence-electron chi connectivity index (χ2n) is 12.2. The number of rotatable bonds is 3. The molecular formula is C43H26N4. The first kappa shape index (κ1) is 26.0. The van der Waals surface area contributed by atoms with Crippen LogP contribution in [-0.4, -0.2) is 19.9 Å². The van der Waals surface area contributed by atoms with Crippen molar-refractivity contribution in [3.8, 4) is 56.5 Å². The Morgan fingerprint density at radius 1 is 0.362 bits per heavy atom. The number of fused-ring (bicyclic) bond motifs is 11. The third-order valence-electron chi connectivity index (χ3n) is 9.78. The fraction of sp³-hybridized carbons (Fsp3) is 0.0233. The Balaban J connectivity index is 1.27. The van der Waals surface area contributed by atoms with E-state index in [-0.39, 0.29) is 0 Å². The van der Waals surface area contributed by atoms with Gasteiger partial charge >= 0.3 is 0 Å². The normalized spacial score (nSPS) is 15.3. The van der Waals surface area contributed by atoms with Crippen LogP contribution in [0.1, 0.15) is 22.3 Å². The average Bonchev–Trinajstić information content (AvgIpc) is 3.61. The molecule has 10 rings (SSSR count). The van der Waals surface area contributed by atoms with Crippen LogP contribution in [0.4, 0.5) is 0 Å². The van der Waals surface area contributed by atoms with Crippen molar-refractivity contribution in [1.29, 1.82) is 0 Å². The van der Waals surface area contributed by atoms with Gasteiger partial charge in [-0.25, -0.2) is 15.0 Å². The molecule has 0 fully saturated rings. The Morgan fingerprint density at radius 3 is 1.68 bits per heavy atom. The van der Waals surface area contributed by atoms with Crippen molar-refractivity contribution < 1.29 is 0 Å². The zero-order valence-electron chi connectivity index (χ0n) is 25.3. The summed E-state index contributed by atoms with van der Waals surface area (Å²) in [4.78, 5) is 19.6. The maximum Gasteiger partial charge on any atom is 0.182 e. The molecule has 4 heteroatoms. The van der Waals surface area contributed by atoms with Gasteiger partial charge in [-0.15, -0.1) is 0 Å². The van der Waals surface area contributed by atoms with Crippen molar-refractivity contribution >= 4 is 10.8 Å². The van der Waals surface area contributed by atoms with Crippen LogP contribution in [0.3, 0.4) is 0 Å². The number of benzene rings is 6. The van der Waals surface area contributed by atoms with Crippen LogP contribution in [0, 0.1) is 0 Å². The second kappa shape index (κ2) is 9.87. The third-order valence-corrected chi connectivity index (χ3v) is 9.78. The molecule has 8 aromatic rings. The summed E-state index contributed by atoms with van der Waals surface area (Å²) in [5.41, 5.74) is 12.4. The standard InChI is InChI=1S/C43H26N4/c1-2-12-27(13-3-1)40-45-41(47-42(46-40)39-20-10-11-23-44-39)30-21-22-33-31-16-6-8-18-35(31)43(37(33)26-30)36-19-9-7-17-32(36)34-24-28-14-4-5-15-29(28)25-38(34)43/h1-26H. The molecule has 1 atom stereocenters. The van der Waals surface area contributed by atoms with E-state index >= 15 is 0 Å². The van der Waals surface area contributed by atoms with Gasteiger partial charge in [0.25, 0.3) is 0 Å². The van der Waals surface area contributed by atoms with Crippen molar-refractivity contribution in [1.82, 2.24) is 19.9 Å². The quantitative estimate of drug-likeness (QED) is 0.203. The summed E-state index contributed by atoms with van der Waals surface area (Å²) in [6.45, 7) is 0. The molecule has 2 aromatic heterocycles. The van der Waals surface area contributed by atoms with Crippen LogP contribution in [0.25, 0.3) is 67.3 Å². The van der Waals surface area contributed by atoms with Crippen molar-refractivity contribution in [2.24, 2.45) is 0 Å². The molecule has 0 radical (unpaired) electrons. The predicted octanol–water partition coefficient (Wildman–Crippen LogP) is 9.76. The Labute approximate surface area is 272 Å². The van der Waals surface area contributed by atoms with Gasteiger partial charge in [0.1, 0.15) is 5.69 Å². The van der Waals surface area contributed by atoms with Gasteiger partial charge in [-0.3, -0.25) is 4.98 Å². The van der Waals surface area contributed by atoms with Gasteiger partial charge in [-0.1, -0.05) is 121 Å². The monoisotopic (exact) mass is 598 g/mol. The van der Waals surface area contributed by atoms with Gasteiger partial charge in [0.05, 0.1) is 5.41 Å². The van der Waals surface area contributed by atoms with Crippen LogP contribution in [0.5, 0.6) is 0 Å². The zero-order chi connectivity index (χ0) is 31.0. The molecular weight excluding hydrogens is 573 g/mol. The molecule has 2 aliphatic rings. The first-order valence-electron chi connectivity index (χ1n) is 15.9. The van der Waals surface area contributed by atoms with Crippen molar-refractivity contribution in [3.05, 3.63) is 180 Å². The highest BCUT2D eigenvalue weighted by molar-refractivity contribution is 6.00. The van der Waals surface area contributed by atoms with E-state index in [4.69, 9.17) is 15.0 Å². The van der Waals surface area contributed by atoms with E-state index < -0.39 is 5.41 Å². The maximum absolute atomic E-state index is 5.07. The molecule has 0 N–H and O–H groups in total. The highest BCUT2D eigenvalue weighted by Crippen LogP contribution is 2.63. The van der Waals surface area contributed by atoms with Crippen LogP contribution < -0.4 is 0 Å². The largest absolute Gasteiger partial charge is 0.253 e. The lowest BCUT2D eigenvalue weighted by molar-refractivity contribution is 0.795. The van der Waals surface area contributed by atoms with E-state index in [0.29, 0.717) is 23.2 Å². The number of aromatic nitrogens is 4. The van der Waals surface area contributed by atoms with Gasteiger partial charge in [-0.2, -0.15) is 0 Å². The van der Waals surface area contributed by atoms with Gasteiger partial charge in [0.2, 0.25) is 0 Å². The van der Waals surface area contributed by atoms with E-state index in [1.165, 1.54) is 55.3 Å². The van der Waals surface area contributed by atoms with E-state index in [1.54, 1.807) is 6.20 Å². The van der Waals surface area contributed by atoms with E-state index in [2.05, 4.69) is 108 Å². The molecule has 218 valence electrons. The molecule has 0 saturated heterocycles. The minimum absolute atomic E-state index is 0.475. The van der Waals surface area contributed by atoms with Gasteiger partial charge < -0.3 is 0 Å². The Hall–Kier alpha value is -6.26. The lowest BCUT2D eigenvalue weighted by Gasteiger charge is -2.31. The molecule has 4 nitrogen and oxygen atoms in total. The maximum atomic E-state index is 5.07. The Kier molecular flexibility index (Phi) is 5.46. The minimum Gasteiger partial charge on any atom is -0.253 e. The van der Waals surface area contributed by atoms with Gasteiger partial charge in [-0.05, 0) is 85.6 Å². The topological polar surface area (TPSA) is 51.6 Å². The number of hydrogen-bond donors (Lipinski definition) is 0. The van der Waals surface area contributed by atoms with Crippen molar-refractivity contribution in [3.63, 3.8) is 0 Å². The SMILES string of the molecule is c1ccc(-c2nc(-c3ccc4c(c3)C3(c5ccccc5-4)c4ccccc4-c4cc5ccccc5cc43)nc(-c3ccccn3)n2)cc1. The van der Waals surface area contributed by atoms with E-state index in [0.717, 1.165) is 11.1 Å². The van der Waals surface area contributed by atoms with Crippen LogP contribution in [0.2, 0.25) is 0 Å². The summed E-state index contributed by atoms with van der Waals surface area (Å²) >= 11 is 0. The zero-order valence-corrected chi connectivity index (χ0v) is 25.3. The number of hydrogen-bond acceptors (Lipinski definition) is 4. The lowest BCUT2D eigenvalue weighted by Crippen LogP contribution is -2.26. The summed E-state index contributed by atoms with van der Waals surface area (Å²) < 4.78 is 0. The fourth-order valence-corrected chi connectivity index (χ4v) is 7.79. The van der Waals surface area contributed by atoms with Crippen LogP contribution in [-0.2, 0) is 5.41 Å². The van der Waals surface area contributed by atoms with Crippen LogP contribution in [0.15, 0.2) is 158 Å². The molecule has 0 aliphatic heterocycles. The van der Waals surface area contributed by atoms with E-state index in [1.807, 2.05) is 48.5 Å². The van der Waals surface area contributed by atoms with Crippen LogP contribution >= 0.6 is 0 Å². The Morgan fingerprint density at radius 2 is 0.936 bits per heavy atom. The molecule has 0 amide bonds. The van der Waals surface area contributed by atoms with Gasteiger partial charge in [0.15, 0.2) is 17.5 Å². The molecule has 2 aliphatic carbocycles. The average molecular weight is 599 g/mol. The first-order chi connectivity index (χ1) is 23.3. The van der Waals surface area contributed by atoms with E-state index in [9.17, 15) is 0 Å². The third kappa shape index (κ3) is 3.70. The predicted molar refractivity (Wildman–Crippen MR) is 188 cm³/mol. The van der Waals surface area contributed by atoms with Crippen molar-refractivity contribution in [2.75, 3.05) is 0 Å². The molecule has 0 bridgehead atoms. The molecule has 0 saturated carbocycles. The highest BCUT2D eigenvalue weighted by atomic mass is 15.0. The highest BCUT2D eigenvalue weighted by Gasteiger charge is 2.51. The lowest BCUT2D eigenvalue weighted by atomic mass is 9.70. The number of nitrogens with zero attached hydrogens (tertiary/aromatic N) is 4. The molecule has 1 spiro atoms. The van der Waals surface area contributed by atoms with Crippen molar-refractivity contribution in [2.45, 2.75) is 5.41 Å². The fourth-order valence-electron chi connectivity index (χ4n) is 7.79. The van der Waals surface area contributed by atoms with Gasteiger partial charge in [0, 0.05) is 17.3 Å². The summed E-state index contributed by atoms with van der Waals surface area (Å²) in [6, 6.07) is 53.9. The number of pyridine rings is 1. The smallest absolute Gasteiger partial charge is 0.182 e. The Bertz CT molecular complexity index is 2470. The summed E-state index contributed by atoms with van der Waals surface area (Å²) in [6.07, 6.45) is 1.77. The summed E-state index contributed by atoms with van der Waals surface area (Å²) in [5, 5.41) is 2.49. The molecule has 2 heterocycles. The summed E-state index contributed by atoms with van der Waals surface area (Å²) in [7, 11) is 0. The molecule has 1 unspecified atom stereocenters. The summed E-state index contributed by atoms with van der Waals surface area (Å²) in [5.74, 6) is 1.80.